The average molecular weight is 311 g/mol. The van der Waals surface area contributed by atoms with Crippen molar-refractivity contribution in [2.45, 2.75) is 13.5 Å². The minimum Gasteiger partial charge on any atom is -0.480 e. The number of aliphatic carboxylic acids is 1. The molecule has 0 saturated heterocycles. The molecule has 0 saturated carbocycles. The number of thiazole rings is 1. The van der Waals surface area contributed by atoms with E-state index in [2.05, 4.69) is 4.98 Å². The Labute approximate surface area is 126 Å². The molecule has 0 aliphatic heterocycles. The maximum absolute atomic E-state index is 10.8. The topological polar surface area (TPSA) is 53.4 Å². The van der Waals surface area contributed by atoms with E-state index in [4.69, 9.17) is 16.7 Å². The number of hydrogen-bond acceptors (Lipinski definition) is 4. The lowest BCUT2D eigenvalue weighted by Gasteiger charge is -2.15. The zero-order chi connectivity index (χ0) is 14.5. The second-order valence-corrected chi connectivity index (χ2v) is 5.65. The van der Waals surface area contributed by atoms with Crippen LogP contribution in [-0.4, -0.2) is 34.0 Å². The fraction of sp³-hybridized carbons (Fsp3) is 0.286. The monoisotopic (exact) mass is 310 g/mol. The average Bonchev–Trinajstić information content (AvgIpc) is 2.86. The fourth-order valence-corrected chi connectivity index (χ4v) is 2.91. The van der Waals surface area contributed by atoms with Crippen molar-refractivity contribution in [3.63, 3.8) is 0 Å². The Morgan fingerprint density at radius 2 is 2.20 bits per heavy atom. The largest absolute Gasteiger partial charge is 0.480 e. The molecule has 1 N–H and O–H groups in total. The van der Waals surface area contributed by atoms with Crippen LogP contribution in [0, 0.1) is 0 Å². The molecule has 106 valence electrons. The fourth-order valence-electron chi connectivity index (χ4n) is 1.84. The first-order chi connectivity index (χ1) is 9.60. The minimum atomic E-state index is -0.824. The van der Waals surface area contributed by atoms with Crippen LogP contribution in [0.15, 0.2) is 29.6 Å². The van der Waals surface area contributed by atoms with Crippen molar-refractivity contribution in [1.82, 2.24) is 9.88 Å². The third-order valence-corrected chi connectivity index (χ3v) is 4.03. The first-order valence-electron chi connectivity index (χ1n) is 6.23. The van der Waals surface area contributed by atoms with E-state index in [1.165, 1.54) is 11.3 Å². The molecular formula is C14H15ClN2O2S. The van der Waals surface area contributed by atoms with Crippen LogP contribution < -0.4 is 0 Å². The lowest BCUT2D eigenvalue weighted by atomic mass is 10.2. The van der Waals surface area contributed by atoms with Gasteiger partial charge < -0.3 is 5.11 Å². The molecular weight excluding hydrogens is 296 g/mol. The van der Waals surface area contributed by atoms with E-state index in [0.29, 0.717) is 18.1 Å². The Morgan fingerprint density at radius 3 is 2.85 bits per heavy atom. The van der Waals surface area contributed by atoms with Crippen LogP contribution in [0.25, 0.3) is 11.3 Å². The number of hydrogen-bond donors (Lipinski definition) is 1. The Hall–Kier alpha value is -1.43. The van der Waals surface area contributed by atoms with Crippen LogP contribution in [-0.2, 0) is 11.3 Å². The predicted molar refractivity (Wildman–Crippen MR) is 81.1 cm³/mol. The molecule has 0 spiro atoms. The van der Waals surface area contributed by atoms with Crippen molar-refractivity contribution in [2.24, 2.45) is 0 Å². The van der Waals surface area contributed by atoms with Crippen LogP contribution in [0.4, 0.5) is 0 Å². The van der Waals surface area contributed by atoms with Gasteiger partial charge in [0.1, 0.15) is 5.01 Å². The Bertz CT molecular complexity index is 600. The van der Waals surface area contributed by atoms with Crippen LogP contribution in [0.5, 0.6) is 0 Å². The highest BCUT2D eigenvalue weighted by Crippen LogP contribution is 2.28. The molecule has 0 unspecified atom stereocenters. The quantitative estimate of drug-likeness (QED) is 0.889. The number of rotatable bonds is 6. The molecule has 0 bridgehead atoms. The summed E-state index contributed by atoms with van der Waals surface area (Å²) in [7, 11) is 0. The molecule has 6 heteroatoms. The third kappa shape index (κ3) is 3.79. The van der Waals surface area contributed by atoms with E-state index in [1.807, 2.05) is 41.5 Å². The predicted octanol–water partition coefficient (Wildman–Crippen LogP) is 3.37. The molecule has 4 nitrogen and oxygen atoms in total. The van der Waals surface area contributed by atoms with Gasteiger partial charge in [-0.05, 0) is 12.6 Å². The summed E-state index contributed by atoms with van der Waals surface area (Å²) < 4.78 is 0. The van der Waals surface area contributed by atoms with Gasteiger partial charge in [0, 0.05) is 16.0 Å². The lowest BCUT2D eigenvalue weighted by Crippen LogP contribution is -2.28. The summed E-state index contributed by atoms with van der Waals surface area (Å²) in [4.78, 5) is 17.1. The first kappa shape index (κ1) is 15.0. The van der Waals surface area contributed by atoms with E-state index < -0.39 is 5.97 Å². The standard InChI is InChI=1S/C14H15ClN2O2S/c1-2-17(8-14(18)19)7-13-16-12(9-20-13)10-5-3-4-6-11(10)15/h3-6,9H,2,7-8H2,1H3,(H,18,19). The highest BCUT2D eigenvalue weighted by atomic mass is 35.5. The van der Waals surface area contributed by atoms with Gasteiger partial charge in [-0.15, -0.1) is 11.3 Å². The van der Waals surface area contributed by atoms with E-state index in [-0.39, 0.29) is 6.54 Å². The summed E-state index contributed by atoms with van der Waals surface area (Å²) in [6.45, 7) is 3.17. The van der Waals surface area contributed by atoms with E-state index >= 15 is 0 Å². The molecule has 1 aromatic heterocycles. The highest BCUT2D eigenvalue weighted by Gasteiger charge is 2.12. The van der Waals surface area contributed by atoms with Gasteiger partial charge >= 0.3 is 5.97 Å². The van der Waals surface area contributed by atoms with Crippen molar-refractivity contribution in [3.05, 3.63) is 39.7 Å². The summed E-state index contributed by atoms with van der Waals surface area (Å²) >= 11 is 7.67. The minimum absolute atomic E-state index is 0.0253. The van der Waals surface area contributed by atoms with Crippen LogP contribution in [0.3, 0.4) is 0 Å². The van der Waals surface area contributed by atoms with Gasteiger partial charge in [0.05, 0.1) is 18.8 Å². The Balaban J connectivity index is 2.13. The summed E-state index contributed by atoms with van der Waals surface area (Å²) in [5.74, 6) is -0.824. The van der Waals surface area contributed by atoms with Crippen molar-refractivity contribution in [1.29, 1.82) is 0 Å². The van der Waals surface area contributed by atoms with Crippen LogP contribution in [0.1, 0.15) is 11.9 Å². The number of halogens is 1. The Morgan fingerprint density at radius 1 is 1.45 bits per heavy atom. The molecule has 2 rings (SSSR count). The van der Waals surface area contributed by atoms with Crippen molar-refractivity contribution < 1.29 is 9.90 Å². The molecule has 0 amide bonds. The normalized spacial score (nSPS) is 10.9. The van der Waals surface area contributed by atoms with Gasteiger partial charge in [0.15, 0.2) is 0 Å². The smallest absolute Gasteiger partial charge is 0.317 e. The van der Waals surface area contributed by atoms with E-state index in [0.717, 1.165) is 16.3 Å². The zero-order valence-electron chi connectivity index (χ0n) is 11.0. The van der Waals surface area contributed by atoms with Gasteiger partial charge in [0.2, 0.25) is 0 Å². The van der Waals surface area contributed by atoms with Gasteiger partial charge in [-0.1, -0.05) is 36.7 Å². The van der Waals surface area contributed by atoms with Crippen LogP contribution in [0.2, 0.25) is 5.02 Å². The third-order valence-electron chi connectivity index (χ3n) is 2.87. The molecule has 0 fully saturated rings. The SMILES string of the molecule is CCN(CC(=O)O)Cc1nc(-c2ccccc2Cl)cs1. The van der Waals surface area contributed by atoms with Crippen molar-refractivity contribution in [3.8, 4) is 11.3 Å². The van der Waals surface area contributed by atoms with Gasteiger partial charge in [-0.3, -0.25) is 9.69 Å². The molecule has 1 heterocycles. The summed E-state index contributed by atoms with van der Waals surface area (Å²) in [5.41, 5.74) is 1.74. The molecule has 0 atom stereocenters. The zero-order valence-corrected chi connectivity index (χ0v) is 12.6. The maximum Gasteiger partial charge on any atom is 0.317 e. The second kappa shape index (κ2) is 6.83. The molecule has 2 aromatic rings. The number of carboxylic acids is 1. The van der Waals surface area contributed by atoms with Crippen molar-refractivity contribution >= 4 is 28.9 Å². The lowest BCUT2D eigenvalue weighted by molar-refractivity contribution is -0.138. The second-order valence-electron chi connectivity index (χ2n) is 4.30. The maximum atomic E-state index is 10.8. The number of benzene rings is 1. The van der Waals surface area contributed by atoms with Crippen molar-refractivity contribution in [2.75, 3.05) is 13.1 Å². The van der Waals surface area contributed by atoms with Gasteiger partial charge in [0.25, 0.3) is 0 Å². The molecule has 1 aromatic carbocycles. The van der Waals surface area contributed by atoms with Crippen LogP contribution >= 0.6 is 22.9 Å². The van der Waals surface area contributed by atoms with E-state index in [9.17, 15) is 4.79 Å². The number of likely N-dealkylation sites (N-methyl/N-ethyl adjacent to an activating group) is 1. The van der Waals surface area contributed by atoms with E-state index in [1.54, 1.807) is 0 Å². The molecule has 20 heavy (non-hydrogen) atoms. The number of carboxylic acid groups (broad SMARTS) is 1. The highest BCUT2D eigenvalue weighted by molar-refractivity contribution is 7.09. The van der Waals surface area contributed by atoms with Gasteiger partial charge in [-0.25, -0.2) is 4.98 Å². The first-order valence-corrected chi connectivity index (χ1v) is 7.49. The Kier molecular flexibility index (Phi) is 5.11. The summed E-state index contributed by atoms with van der Waals surface area (Å²) in [5, 5.41) is 12.3. The summed E-state index contributed by atoms with van der Waals surface area (Å²) in [6, 6.07) is 7.56. The number of carbonyl (C=O) groups is 1. The number of nitrogens with zero attached hydrogens (tertiary/aromatic N) is 2. The molecule has 0 aliphatic rings. The van der Waals surface area contributed by atoms with Gasteiger partial charge in [-0.2, -0.15) is 0 Å². The number of aromatic nitrogens is 1. The molecule has 0 radical (unpaired) electrons. The molecule has 0 aliphatic carbocycles. The summed E-state index contributed by atoms with van der Waals surface area (Å²) in [6.07, 6.45) is 0.